The Kier molecular flexibility index (Phi) is 7.73. The number of aliphatic hydroxyl groups excluding tert-OH is 1. The van der Waals surface area contributed by atoms with Crippen molar-refractivity contribution in [3.8, 4) is 5.75 Å². The lowest BCUT2D eigenvalue weighted by Gasteiger charge is -2.25. The van der Waals surface area contributed by atoms with E-state index in [4.69, 9.17) is 9.47 Å². The molecule has 37 heavy (non-hydrogen) atoms. The van der Waals surface area contributed by atoms with Gasteiger partial charge in [0.15, 0.2) is 0 Å². The molecule has 1 unspecified atom stereocenters. The number of hydrogen-bond acceptors (Lipinski definition) is 7. The zero-order valence-electron chi connectivity index (χ0n) is 20.5. The Morgan fingerprint density at radius 1 is 1.14 bits per heavy atom. The van der Waals surface area contributed by atoms with Crippen LogP contribution in [-0.2, 0) is 25.5 Å². The summed E-state index contributed by atoms with van der Waals surface area (Å²) in [6.45, 7) is 3.56. The predicted octanol–water partition coefficient (Wildman–Crippen LogP) is 4.97. The number of amides is 1. The third-order valence-corrected chi connectivity index (χ3v) is 6.42. The van der Waals surface area contributed by atoms with Gasteiger partial charge in [-0.3, -0.25) is 24.3 Å². The fraction of sp³-hybridized carbons (Fsp3) is 0.214. The highest BCUT2D eigenvalue weighted by Crippen LogP contribution is 2.42. The van der Waals surface area contributed by atoms with Crippen LogP contribution in [0.25, 0.3) is 5.76 Å². The maximum absolute atomic E-state index is 13.3. The monoisotopic (exact) mass is 564 g/mol. The lowest BCUT2D eigenvalue weighted by molar-refractivity contribution is -0.146. The summed E-state index contributed by atoms with van der Waals surface area (Å²) in [4.78, 5) is 44.1. The first-order valence-electron chi connectivity index (χ1n) is 11.5. The molecule has 4 rings (SSSR count). The molecular formula is C28H25BrN2O6. The third-order valence-electron chi connectivity index (χ3n) is 5.80. The van der Waals surface area contributed by atoms with Gasteiger partial charge in [0.25, 0.3) is 11.7 Å². The maximum atomic E-state index is 13.3. The van der Waals surface area contributed by atoms with E-state index in [0.29, 0.717) is 32.6 Å². The maximum Gasteiger partial charge on any atom is 0.310 e. The van der Waals surface area contributed by atoms with Crippen LogP contribution in [0.15, 0.2) is 77.0 Å². The lowest BCUT2D eigenvalue weighted by atomic mass is 9.96. The second-order valence-corrected chi connectivity index (χ2v) is 9.54. The van der Waals surface area contributed by atoms with Crippen LogP contribution >= 0.6 is 15.9 Å². The molecule has 1 N–H and O–H groups in total. The Bertz CT molecular complexity index is 1370. The van der Waals surface area contributed by atoms with Crippen LogP contribution < -0.4 is 9.64 Å². The van der Waals surface area contributed by atoms with Gasteiger partial charge in [-0.1, -0.05) is 18.2 Å². The highest BCUT2D eigenvalue weighted by atomic mass is 79.9. The van der Waals surface area contributed by atoms with E-state index < -0.39 is 17.7 Å². The van der Waals surface area contributed by atoms with Gasteiger partial charge in [-0.05, 0) is 77.3 Å². The second kappa shape index (κ2) is 11.0. The number of ketones is 1. The SMILES string of the molecule is COc1ccc(/C(O)=C2/C(=O)C(=O)N(c3ccc(CC(=O)OC(C)C)cc3)C2c2cccnc2)cc1Br. The van der Waals surface area contributed by atoms with Crippen molar-refractivity contribution >= 4 is 45.0 Å². The van der Waals surface area contributed by atoms with Crippen LogP contribution in [0.2, 0.25) is 0 Å². The fourth-order valence-corrected chi connectivity index (χ4v) is 4.71. The average Bonchev–Trinajstić information content (AvgIpc) is 3.14. The molecule has 1 fully saturated rings. The molecule has 2 heterocycles. The number of hydrogen-bond donors (Lipinski definition) is 1. The number of pyridine rings is 1. The fourth-order valence-electron chi connectivity index (χ4n) is 4.17. The number of carbonyl (C=O) groups excluding carboxylic acids is 3. The molecule has 0 bridgehead atoms. The lowest BCUT2D eigenvalue weighted by Crippen LogP contribution is -2.29. The van der Waals surface area contributed by atoms with E-state index in [9.17, 15) is 19.5 Å². The number of carbonyl (C=O) groups is 3. The summed E-state index contributed by atoms with van der Waals surface area (Å²) in [6.07, 6.45) is 3.00. The van der Waals surface area contributed by atoms with Crippen LogP contribution in [0.4, 0.5) is 5.69 Å². The van der Waals surface area contributed by atoms with Crippen molar-refractivity contribution in [1.29, 1.82) is 0 Å². The average molecular weight is 565 g/mol. The summed E-state index contributed by atoms with van der Waals surface area (Å²) in [5.41, 5.74) is 1.98. The molecule has 1 aromatic heterocycles. The first-order chi connectivity index (χ1) is 17.7. The molecule has 1 aliphatic heterocycles. The Labute approximate surface area is 222 Å². The van der Waals surface area contributed by atoms with Crippen molar-refractivity contribution in [2.75, 3.05) is 12.0 Å². The van der Waals surface area contributed by atoms with E-state index in [1.54, 1.807) is 80.8 Å². The first kappa shape index (κ1) is 26.1. The molecule has 1 aliphatic rings. The Hall–Kier alpha value is -3.98. The standard InChI is InChI=1S/C28H25BrN2O6/c1-16(2)37-23(32)13-17-6-9-20(10-7-17)31-25(19-5-4-12-30-15-19)24(27(34)28(31)35)26(33)18-8-11-22(36-3)21(29)14-18/h4-12,14-16,25,33H,13H2,1-3H3/b26-24-. The number of ether oxygens (including phenoxy) is 2. The summed E-state index contributed by atoms with van der Waals surface area (Å²) in [6, 6.07) is 14.1. The minimum atomic E-state index is -0.911. The zero-order valence-corrected chi connectivity index (χ0v) is 22.1. The van der Waals surface area contributed by atoms with Crippen molar-refractivity contribution in [1.82, 2.24) is 4.98 Å². The Morgan fingerprint density at radius 2 is 1.86 bits per heavy atom. The predicted molar refractivity (Wildman–Crippen MR) is 141 cm³/mol. The molecule has 2 aromatic carbocycles. The number of benzene rings is 2. The second-order valence-electron chi connectivity index (χ2n) is 8.69. The minimum absolute atomic E-state index is 0.0559. The number of esters is 1. The zero-order chi connectivity index (χ0) is 26.7. The van der Waals surface area contributed by atoms with Gasteiger partial charge in [0.1, 0.15) is 11.5 Å². The summed E-state index contributed by atoms with van der Waals surface area (Å²) in [7, 11) is 1.52. The number of anilines is 1. The molecule has 1 saturated heterocycles. The van der Waals surface area contributed by atoms with Crippen LogP contribution in [0.1, 0.15) is 36.6 Å². The van der Waals surface area contributed by atoms with Crippen molar-refractivity contribution in [3.05, 3.63) is 93.7 Å². The molecule has 0 spiro atoms. The van der Waals surface area contributed by atoms with Crippen molar-refractivity contribution in [2.24, 2.45) is 0 Å². The van der Waals surface area contributed by atoms with E-state index in [0.717, 1.165) is 0 Å². The van der Waals surface area contributed by atoms with Crippen LogP contribution in [0.5, 0.6) is 5.75 Å². The molecule has 0 aliphatic carbocycles. The number of Topliss-reactive ketones (excluding diaryl/α,β-unsaturated/α-hetero) is 1. The summed E-state index contributed by atoms with van der Waals surface area (Å²) in [5.74, 6) is -1.72. The number of rotatable bonds is 7. The van der Waals surface area contributed by atoms with Crippen molar-refractivity contribution in [2.45, 2.75) is 32.4 Å². The Morgan fingerprint density at radius 3 is 2.46 bits per heavy atom. The third kappa shape index (κ3) is 5.41. The van der Waals surface area contributed by atoms with Gasteiger partial charge in [-0.25, -0.2) is 0 Å². The van der Waals surface area contributed by atoms with Crippen LogP contribution in [0.3, 0.4) is 0 Å². The van der Waals surface area contributed by atoms with E-state index in [1.807, 2.05) is 0 Å². The summed E-state index contributed by atoms with van der Waals surface area (Å²) in [5, 5.41) is 11.3. The summed E-state index contributed by atoms with van der Waals surface area (Å²) < 4.78 is 11.0. The smallest absolute Gasteiger partial charge is 0.310 e. The number of aromatic nitrogens is 1. The van der Waals surface area contributed by atoms with Crippen LogP contribution in [0, 0.1) is 0 Å². The molecule has 0 saturated carbocycles. The Balaban J connectivity index is 1.77. The van der Waals surface area contributed by atoms with Gasteiger partial charge in [-0.2, -0.15) is 0 Å². The normalized spacial score (nSPS) is 16.8. The molecule has 1 amide bonds. The van der Waals surface area contributed by atoms with Gasteiger partial charge < -0.3 is 14.6 Å². The van der Waals surface area contributed by atoms with Crippen LogP contribution in [-0.4, -0.2) is 41.0 Å². The first-order valence-corrected chi connectivity index (χ1v) is 12.3. The van der Waals surface area contributed by atoms with Gasteiger partial charge in [0.2, 0.25) is 0 Å². The van der Waals surface area contributed by atoms with E-state index in [-0.39, 0.29) is 29.8 Å². The molecule has 9 heteroatoms. The molecular weight excluding hydrogens is 540 g/mol. The van der Waals surface area contributed by atoms with Gasteiger partial charge in [-0.15, -0.1) is 0 Å². The largest absolute Gasteiger partial charge is 0.507 e. The molecule has 190 valence electrons. The highest BCUT2D eigenvalue weighted by molar-refractivity contribution is 9.10. The molecule has 0 radical (unpaired) electrons. The number of nitrogens with zero attached hydrogens (tertiary/aromatic N) is 2. The van der Waals surface area contributed by atoms with Gasteiger partial charge >= 0.3 is 5.97 Å². The van der Waals surface area contributed by atoms with E-state index >= 15 is 0 Å². The molecule has 1 atom stereocenters. The minimum Gasteiger partial charge on any atom is -0.507 e. The quantitative estimate of drug-likeness (QED) is 0.187. The topological polar surface area (TPSA) is 106 Å². The van der Waals surface area contributed by atoms with E-state index in [1.165, 1.54) is 12.0 Å². The van der Waals surface area contributed by atoms with Gasteiger partial charge in [0.05, 0.1) is 35.7 Å². The number of aliphatic hydroxyl groups is 1. The van der Waals surface area contributed by atoms with E-state index in [2.05, 4.69) is 20.9 Å². The molecule has 8 nitrogen and oxygen atoms in total. The molecule has 3 aromatic rings. The number of halogens is 1. The summed E-state index contributed by atoms with van der Waals surface area (Å²) >= 11 is 3.39. The number of methoxy groups -OCH3 is 1. The highest BCUT2D eigenvalue weighted by Gasteiger charge is 2.47. The van der Waals surface area contributed by atoms with Gasteiger partial charge in [0, 0.05) is 23.6 Å². The van der Waals surface area contributed by atoms with Crippen molar-refractivity contribution in [3.63, 3.8) is 0 Å². The van der Waals surface area contributed by atoms with Crippen molar-refractivity contribution < 1.29 is 29.0 Å².